The topological polar surface area (TPSA) is 110 Å². The Bertz CT molecular complexity index is 1060. The van der Waals surface area contributed by atoms with E-state index in [1.807, 2.05) is 0 Å². The van der Waals surface area contributed by atoms with Crippen LogP contribution >= 0.6 is 11.6 Å². The van der Waals surface area contributed by atoms with Gasteiger partial charge in [-0.1, -0.05) is 29.8 Å². The Kier molecular flexibility index (Phi) is 5.51. The fraction of sp³-hybridized carbons (Fsp3) is 0.105. The van der Waals surface area contributed by atoms with Crippen molar-refractivity contribution in [1.29, 1.82) is 0 Å². The number of aromatic nitrogens is 4. The lowest BCUT2D eigenvalue weighted by Crippen LogP contribution is -2.27. The summed E-state index contributed by atoms with van der Waals surface area (Å²) in [7, 11) is 0. The van der Waals surface area contributed by atoms with Gasteiger partial charge in [0.1, 0.15) is 5.70 Å². The van der Waals surface area contributed by atoms with E-state index < -0.39 is 11.9 Å². The summed E-state index contributed by atoms with van der Waals surface area (Å²) in [5, 5.41) is 24.3. The van der Waals surface area contributed by atoms with Crippen LogP contribution in [0.15, 0.2) is 48.2 Å². The highest BCUT2D eigenvalue weighted by atomic mass is 35.5. The highest BCUT2D eigenvalue weighted by Crippen LogP contribution is 2.20. The molecule has 2 heterocycles. The number of nitrogens with one attached hydrogen (secondary N) is 1. The van der Waals surface area contributed by atoms with Gasteiger partial charge in [-0.3, -0.25) is 4.79 Å². The molecule has 0 spiro atoms. The average molecular weight is 398 g/mol. The van der Waals surface area contributed by atoms with Crippen LogP contribution in [0.4, 0.5) is 0 Å². The van der Waals surface area contributed by atoms with Gasteiger partial charge in [0.05, 0.1) is 11.4 Å². The number of carboxylic acids is 1. The minimum absolute atomic E-state index is 0.252. The average Bonchev–Trinajstić information content (AvgIpc) is 2.96. The molecular formula is C19H16ClN5O3. The van der Waals surface area contributed by atoms with Gasteiger partial charge in [-0.05, 0) is 44.2 Å². The van der Waals surface area contributed by atoms with Gasteiger partial charge in [-0.15, -0.1) is 10.2 Å². The molecule has 1 aromatic carbocycles. The Morgan fingerprint density at radius 3 is 2.43 bits per heavy atom. The number of hydrogen-bond acceptors (Lipinski definition) is 5. The molecule has 3 rings (SSSR count). The molecule has 28 heavy (non-hydrogen) atoms. The van der Waals surface area contributed by atoms with Crippen molar-refractivity contribution in [3.8, 4) is 5.82 Å². The van der Waals surface area contributed by atoms with Crippen molar-refractivity contribution in [3.63, 3.8) is 0 Å². The standard InChI is InChI=1S/C19H16ClN5O3/c1-11-14(12(2)25(24-11)17-9-8-16(20)22-23-17)10-15(19(27)28)21-18(26)13-6-4-3-5-7-13/h3-10H,1-2H3,(H,21,26)(H,27,28)/b15-10+. The Morgan fingerprint density at radius 2 is 1.82 bits per heavy atom. The van der Waals surface area contributed by atoms with Gasteiger partial charge in [0.15, 0.2) is 11.0 Å². The van der Waals surface area contributed by atoms with Crippen LogP contribution in [0, 0.1) is 13.8 Å². The molecular weight excluding hydrogens is 382 g/mol. The lowest BCUT2D eigenvalue weighted by Gasteiger charge is -2.07. The van der Waals surface area contributed by atoms with Crippen molar-refractivity contribution in [1.82, 2.24) is 25.3 Å². The molecule has 1 amide bonds. The number of rotatable bonds is 5. The normalized spacial score (nSPS) is 11.3. The largest absolute Gasteiger partial charge is 0.477 e. The van der Waals surface area contributed by atoms with Crippen molar-refractivity contribution in [2.75, 3.05) is 0 Å². The molecule has 0 aliphatic rings. The van der Waals surface area contributed by atoms with Crippen LogP contribution in [-0.2, 0) is 4.79 Å². The van der Waals surface area contributed by atoms with Crippen LogP contribution in [0.5, 0.6) is 0 Å². The second-order valence-electron chi connectivity index (χ2n) is 5.89. The number of halogens is 1. The van der Waals surface area contributed by atoms with Gasteiger partial charge in [0.2, 0.25) is 0 Å². The minimum atomic E-state index is -1.26. The van der Waals surface area contributed by atoms with E-state index in [4.69, 9.17) is 11.6 Å². The van der Waals surface area contributed by atoms with Crippen LogP contribution < -0.4 is 5.32 Å². The first-order valence-electron chi connectivity index (χ1n) is 8.24. The predicted octanol–water partition coefficient (Wildman–Crippen LogP) is 2.79. The number of carboxylic acid groups (broad SMARTS) is 1. The molecule has 0 radical (unpaired) electrons. The van der Waals surface area contributed by atoms with E-state index in [2.05, 4.69) is 20.6 Å². The number of nitrogens with zero attached hydrogens (tertiary/aromatic N) is 4. The lowest BCUT2D eigenvalue weighted by atomic mass is 10.1. The SMILES string of the molecule is Cc1nn(-c2ccc(Cl)nn2)c(C)c1/C=C(/NC(=O)c1ccccc1)C(=O)O. The molecule has 0 unspecified atom stereocenters. The van der Waals surface area contributed by atoms with E-state index in [1.54, 1.807) is 56.3 Å². The van der Waals surface area contributed by atoms with E-state index >= 15 is 0 Å². The van der Waals surface area contributed by atoms with E-state index in [9.17, 15) is 14.7 Å². The molecule has 8 nitrogen and oxygen atoms in total. The number of hydrogen-bond donors (Lipinski definition) is 2. The zero-order valence-electron chi connectivity index (χ0n) is 15.0. The summed E-state index contributed by atoms with van der Waals surface area (Å²) in [6.45, 7) is 3.50. The summed E-state index contributed by atoms with van der Waals surface area (Å²) in [6.07, 6.45) is 1.38. The van der Waals surface area contributed by atoms with Crippen molar-refractivity contribution < 1.29 is 14.7 Å². The predicted molar refractivity (Wildman–Crippen MR) is 103 cm³/mol. The third-order valence-corrected chi connectivity index (χ3v) is 4.19. The number of benzene rings is 1. The zero-order valence-corrected chi connectivity index (χ0v) is 15.8. The summed E-state index contributed by atoms with van der Waals surface area (Å²) in [5.74, 6) is -1.34. The maximum atomic E-state index is 12.3. The highest BCUT2D eigenvalue weighted by molar-refractivity contribution is 6.29. The molecule has 3 aromatic rings. The Labute approximate surface area is 165 Å². The first-order chi connectivity index (χ1) is 13.4. The zero-order chi connectivity index (χ0) is 20.3. The van der Waals surface area contributed by atoms with Crippen LogP contribution in [0.2, 0.25) is 5.15 Å². The maximum Gasteiger partial charge on any atom is 0.352 e. The van der Waals surface area contributed by atoms with E-state index in [0.29, 0.717) is 28.3 Å². The number of aliphatic carboxylic acids is 1. The van der Waals surface area contributed by atoms with Gasteiger partial charge in [0.25, 0.3) is 5.91 Å². The van der Waals surface area contributed by atoms with Crippen LogP contribution in [0.25, 0.3) is 11.9 Å². The number of carbonyl (C=O) groups is 2. The number of aryl methyl sites for hydroxylation is 1. The fourth-order valence-electron chi connectivity index (χ4n) is 2.59. The van der Waals surface area contributed by atoms with Gasteiger partial charge in [0, 0.05) is 11.1 Å². The second kappa shape index (κ2) is 8.01. The van der Waals surface area contributed by atoms with Gasteiger partial charge >= 0.3 is 5.97 Å². The molecule has 0 saturated carbocycles. The van der Waals surface area contributed by atoms with Crippen molar-refractivity contribution >= 4 is 29.6 Å². The molecule has 0 aliphatic carbocycles. The summed E-state index contributed by atoms with van der Waals surface area (Å²) >= 11 is 5.76. The number of amides is 1. The maximum absolute atomic E-state index is 12.3. The summed E-state index contributed by atoms with van der Waals surface area (Å²) in [4.78, 5) is 24.0. The highest BCUT2D eigenvalue weighted by Gasteiger charge is 2.18. The summed E-state index contributed by atoms with van der Waals surface area (Å²) < 4.78 is 1.53. The Hall–Kier alpha value is -3.52. The van der Waals surface area contributed by atoms with E-state index in [0.717, 1.165) is 0 Å². The van der Waals surface area contributed by atoms with Gasteiger partial charge in [-0.25, -0.2) is 9.48 Å². The molecule has 2 aromatic heterocycles. The van der Waals surface area contributed by atoms with Gasteiger partial charge in [-0.2, -0.15) is 5.10 Å². The van der Waals surface area contributed by atoms with E-state index in [1.165, 1.54) is 10.8 Å². The molecule has 0 saturated heterocycles. The van der Waals surface area contributed by atoms with Crippen molar-refractivity contribution in [2.24, 2.45) is 0 Å². The smallest absolute Gasteiger partial charge is 0.352 e. The van der Waals surface area contributed by atoms with Crippen LogP contribution in [0.3, 0.4) is 0 Å². The summed E-state index contributed by atoms with van der Waals surface area (Å²) in [6, 6.07) is 11.6. The Balaban J connectivity index is 1.96. The first kappa shape index (κ1) is 19.2. The monoisotopic (exact) mass is 397 g/mol. The quantitative estimate of drug-likeness (QED) is 0.640. The molecule has 0 aliphatic heterocycles. The summed E-state index contributed by atoms with van der Waals surface area (Å²) in [5.41, 5.74) is 1.86. The third kappa shape index (κ3) is 4.07. The lowest BCUT2D eigenvalue weighted by molar-refractivity contribution is -0.132. The third-order valence-electron chi connectivity index (χ3n) is 3.99. The molecule has 9 heteroatoms. The van der Waals surface area contributed by atoms with Crippen molar-refractivity contribution in [2.45, 2.75) is 13.8 Å². The van der Waals surface area contributed by atoms with E-state index in [-0.39, 0.29) is 10.9 Å². The first-order valence-corrected chi connectivity index (χ1v) is 8.62. The fourth-order valence-corrected chi connectivity index (χ4v) is 2.69. The molecule has 0 atom stereocenters. The van der Waals surface area contributed by atoms with Crippen LogP contribution in [-0.4, -0.2) is 37.0 Å². The number of carbonyl (C=O) groups excluding carboxylic acids is 1. The molecule has 0 fully saturated rings. The minimum Gasteiger partial charge on any atom is -0.477 e. The van der Waals surface area contributed by atoms with Gasteiger partial charge < -0.3 is 10.4 Å². The molecule has 0 bridgehead atoms. The molecule has 2 N–H and O–H groups in total. The van der Waals surface area contributed by atoms with Crippen LogP contribution in [0.1, 0.15) is 27.3 Å². The molecule has 142 valence electrons. The second-order valence-corrected chi connectivity index (χ2v) is 6.28. The van der Waals surface area contributed by atoms with Crippen molar-refractivity contribution in [3.05, 3.63) is 75.8 Å². The Morgan fingerprint density at radius 1 is 1.11 bits per heavy atom.